The highest BCUT2D eigenvalue weighted by Gasteiger charge is 2.22. The largest absolute Gasteiger partial charge is 0.368 e. The molecule has 2 aromatic rings. The molecule has 0 saturated carbocycles. The van der Waals surface area contributed by atoms with Crippen LogP contribution < -0.4 is 10.2 Å². The van der Waals surface area contributed by atoms with Gasteiger partial charge in [0.15, 0.2) is 9.84 Å². The molecule has 160 valence electrons. The van der Waals surface area contributed by atoms with Crippen molar-refractivity contribution in [3.63, 3.8) is 0 Å². The number of sulfone groups is 1. The van der Waals surface area contributed by atoms with Gasteiger partial charge in [-0.1, -0.05) is 35.9 Å². The third kappa shape index (κ3) is 5.82. The van der Waals surface area contributed by atoms with Gasteiger partial charge in [-0.15, -0.1) is 0 Å². The van der Waals surface area contributed by atoms with Crippen LogP contribution in [-0.2, 0) is 19.4 Å². The summed E-state index contributed by atoms with van der Waals surface area (Å²) in [7, 11) is -3.53. The minimum absolute atomic E-state index is 0.116. The molecule has 30 heavy (non-hydrogen) atoms. The Bertz CT molecular complexity index is 967. The minimum atomic E-state index is -3.53. The Balaban J connectivity index is 1.40. The number of benzene rings is 2. The standard InChI is InChI=1S/C22H27N3O4S/c1-18-7-9-20(10-8-18)30(28,29)16-11-21(26)23-17-22(27)25-14-12-24(13-15-25)19-5-3-2-4-6-19/h2-10H,11-17H2,1H3,(H,23,26). The molecule has 0 unspecified atom stereocenters. The molecule has 3 rings (SSSR count). The van der Waals surface area contributed by atoms with Gasteiger partial charge in [-0.2, -0.15) is 0 Å². The van der Waals surface area contributed by atoms with Crippen LogP contribution in [-0.4, -0.2) is 63.6 Å². The maximum Gasteiger partial charge on any atom is 0.242 e. The van der Waals surface area contributed by atoms with Crippen LogP contribution in [0.2, 0.25) is 0 Å². The van der Waals surface area contributed by atoms with E-state index in [1.165, 1.54) is 0 Å². The molecule has 1 aliphatic heterocycles. The van der Waals surface area contributed by atoms with E-state index in [9.17, 15) is 18.0 Å². The molecule has 0 aliphatic carbocycles. The number of hydrogen-bond acceptors (Lipinski definition) is 5. The predicted molar refractivity (Wildman–Crippen MR) is 116 cm³/mol. The summed E-state index contributed by atoms with van der Waals surface area (Å²) >= 11 is 0. The molecular weight excluding hydrogens is 402 g/mol. The average Bonchev–Trinajstić information content (AvgIpc) is 2.77. The van der Waals surface area contributed by atoms with Crippen LogP contribution in [0.4, 0.5) is 5.69 Å². The number of carbonyl (C=O) groups excluding carboxylic acids is 2. The maximum absolute atomic E-state index is 12.4. The van der Waals surface area contributed by atoms with Crippen molar-refractivity contribution >= 4 is 27.3 Å². The highest BCUT2D eigenvalue weighted by molar-refractivity contribution is 7.91. The third-order valence-corrected chi connectivity index (χ3v) is 6.90. The van der Waals surface area contributed by atoms with Gasteiger partial charge in [-0.05, 0) is 31.2 Å². The number of anilines is 1. The van der Waals surface area contributed by atoms with Crippen molar-refractivity contribution in [3.8, 4) is 0 Å². The molecule has 0 radical (unpaired) electrons. The highest BCUT2D eigenvalue weighted by atomic mass is 32.2. The molecule has 1 saturated heterocycles. The van der Waals surface area contributed by atoms with E-state index in [0.717, 1.165) is 24.3 Å². The van der Waals surface area contributed by atoms with Crippen LogP contribution in [0.15, 0.2) is 59.5 Å². The summed E-state index contributed by atoms with van der Waals surface area (Å²) in [5.74, 6) is -0.884. The summed E-state index contributed by atoms with van der Waals surface area (Å²) in [5, 5.41) is 2.55. The van der Waals surface area contributed by atoms with Crippen LogP contribution in [0, 0.1) is 6.92 Å². The Hall–Kier alpha value is -2.87. The molecule has 8 heteroatoms. The lowest BCUT2D eigenvalue weighted by molar-refractivity contribution is -0.133. The summed E-state index contributed by atoms with van der Waals surface area (Å²) < 4.78 is 24.6. The van der Waals surface area contributed by atoms with Gasteiger partial charge < -0.3 is 15.1 Å². The van der Waals surface area contributed by atoms with Gasteiger partial charge in [0, 0.05) is 38.3 Å². The van der Waals surface area contributed by atoms with Gasteiger partial charge in [0.2, 0.25) is 11.8 Å². The molecule has 0 bridgehead atoms. The van der Waals surface area contributed by atoms with Crippen molar-refractivity contribution in [1.82, 2.24) is 10.2 Å². The zero-order valence-corrected chi connectivity index (χ0v) is 17.9. The molecule has 2 amide bonds. The van der Waals surface area contributed by atoms with Crippen molar-refractivity contribution in [1.29, 1.82) is 0 Å². The van der Waals surface area contributed by atoms with Crippen molar-refractivity contribution < 1.29 is 18.0 Å². The zero-order chi connectivity index (χ0) is 21.6. The molecule has 2 aromatic carbocycles. The fourth-order valence-electron chi connectivity index (χ4n) is 3.32. The minimum Gasteiger partial charge on any atom is -0.368 e. The second-order valence-electron chi connectivity index (χ2n) is 7.36. The number of amides is 2. The van der Waals surface area contributed by atoms with E-state index in [-0.39, 0.29) is 29.5 Å². The molecule has 0 atom stereocenters. The summed E-state index contributed by atoms with van der Waals surface area (Å²) in [4.78, 5) is 28.6. The van der Waals surface area contributed by atoms with Crippen LogP contribution in [0.25, 0.3) is 0 Å². The topological polar surface area (TPSA) is 86.8 Å². The molecule has 0 aromatic heterocycles. The van der Waals surface area contributed by atoms with Gasteiger partial charge in [0.05, 0.1) is 17.2 Å². The molecule has 1 fully saturated rings. The van der Waals surface area contributed by atoms with E-state index < -0.39 is 15.7 Å². The summed E-state index contributed by atoms with van der Waals surface area (Å²) in [5.41, 5.74) is 2.10. The predicted octanol–water partition coefficient (Wildman–Crippen LogP) is 1.62. The first-order valence-corrected chi connectivity index (χ1v) is 11.6. The van der Waals surface area contributed by atoms with E-state index >= 15 is 0 Å². The van der Waals surface area contributed by atoms with E-state index in [2.05, 4.69) is 10.2 Å². The first-order chi connectivity index (χ1) is 14.3. The molecule has 7 nitrogen and oxygen atoms in total. The number of aryl methyl sites for hydroxylation is 1. The van der Waals surface area contributed by atoms with Crippen LogP contribution in [0.1, 0.15) is 12.0 Å². The molecular formula is C22H27N3O4S. The number of nitrogens with one attached hydrogen (secondary N) is 1. The Labute approximate surface area is 177 Å². The van der Waals surface area contributed by atoms with Crippen molar-refractivity contribution in [3.05, 3.63) is 60.2 Å². The fourth-order valence-corrected chi connectivity index (χ4v) is 4.56. The van der Waals surface area contributed by atoms with Gasteiger partial charge in [-0.3, -0.25) is 9.59 Å². The van der Waals surface area contributed by atoms with Crippen LogP contribution >= 0.6 is 0 Å². The lowest BCUT2D eigenvalue weighted by Crippen LogP contribution is -2.51. The molecule has 1 heterocycles. The first-order valence-electron chi connectivity index (χ1n) is 9.99. The summed E-state index contributed by atoms with van der Waals surface area (Å²) in [6, 6.07) is 16.6. The van der Waals surface area contributed by atoms with Crippen molar-refractivity contribution in [2.45, 2.75) is 18.2 Å². The molecule has 0 spiro atoms. The van der Waals surface area contributed by atoms with E-state index in [4.69, 9.17) is 0 Å². The quantitative estimate of drug-likeness (QED) is 0.723. The highest BCUT2D eigenvalue weighted by Crippen LogP contribution is 2.15. The zero-order valence-electron chi connectivity index (χ0n) is 17.1. The van der Waals surface area contributed by atoms with Gasteiger partial charge >= 0.3 is 0 Å². The van der Waals surface area contributed by atoms with Gasteiger partial charge in [0.25, 0.3) is 0 Å². The SMILES string of the molecule is Cc1ccc(S(=O)(=O)CCC(=O)NCC(=O)N2CCN(c3ccccc3)CC2)cc1. The monoisotopic (exact) mass is 429 g/mol. The number of piperazine rings is 1. The Kier molecular flexibility index (Phi) is 7.10. The number of hydrogen-bond donors (Lipinski definition) is 1. The third-order valence-electron chi connectivity index (χ3n) is 5.17. The Morgan fingerprint density at radius 1 is 0.933 bits per heavy atom. The van der Waals surface area contributed by atoms with Crippen LogP contribution in [0.3, 0.4) is 0 Å². The first kappa shape index (κ1) is 21.8. The van der Waals surface area contributed by atoms with Crippen LogP contribution in [0.5, 0.6) is 0 Å². The smallest absolute Gasteiger partial charge is 0.242 e. The maximum atomic E-state index is 12.4. The van der Waals surface area contributed by atoms with E-state index in [1.54, 1.807) is 29.2 Å². The number of rotatable bonds is 7. The summed E-state index contributed by atoms with van der Waals surface area (Å²) in [6.45, 7) is 4.41. The van der Waals surface area contributed by atoms with E-state index in [1.807, 2.05) is 37.3 Å². The van der Waals surface area contributed by atoms with E-state index in [0.29, 0.717) is 13.1 Å². The average molecular weight is 430 g/mol. The number of carbonyl (C=O) groups is 2. The number of para-hydroxylation sites is 1. The van der Waals surface area contributed by atoms with Gasteiger partial charge in [-0.25, -0.2) is 8.42 Å². The Morgan fingerprint density at radius 2 is 1.57 bits per heavy atom. The second kappa shape index (κ2) is 9.75. The second-order valence-corrected chi connectivity index (χ2v) is 9.47. The molecule has 1 N–H and O–H groups in total. The lowest BCUT2D eigenvalue weighted by atomic mass is 10.2. The normalized spacial score (nSPS) is 14.4. The number of nitrogens with zero attached hydrogens (tertiary/aromatic N) is 2. The molecule has 1 aliphatic rings. The van der Waals surface area contributed by atoms with Crippen molar-refractivity contribution in [2.75, 3.05) is 43.4 Å². The fraction of sp³-hybridized carbons (Fsp3) is 0.364. The Morgan fingerprint density at radius 3 is 2.20 bits per heavy atom. The van der Waals surface area contributed by atoms with Crippen molar-refractivity contribution in [2.24, 2.45) is 0 Å². The van der Waals surface area contributed by atoms with Gasteiger partial charge in [0.1, 0.15) is 0 Å². The lowest BCUT2D eigenvalue weighted by Gasteiger charge is -2.36. The summed E-state index contributed by atoms with van der Waals surface area (Å²) in [6.07, 6.45) is -0.175.